The number of nitrogens with zero attached hydrogens (tertiary/aromatic N) is 3. The second kappa shape index (κ2) is 10.0. The second-order valence-electron chi connectivity index (χ2n) is 7.57. The monoisotopic (exact) mass is 417 g/mol. The Morgan fingerprint density at radius 1 is 1.13 bits per heavy atom. The lowest BCUT2D eigenvalue weighted by atomic mass is 10.1. The van der Waals surface area contributed by atoms with Gasteiger partial charge in [0.05, 0.1) is 5.69 Å². The normalized spacial score (nSPS) is 13.8. The van der Waals surface area contributed by atoms with Crippen molar-refractivity contribution in [2.45, 2.75) is 19.4 Å². The zero-order chi connectivity index (χ0) is 21.5. The molecule has 7 nitrogen and oxygen atoms in total. The minimum atomic E-state index is -0.191. The number of likely N-dealkylation sites (tertiary alicyclic amines) is 1. The van der Waals surface area contributed by atoms with Crippen LogP contribution in [-0.4, -0.2) is 46.8 Å². The van der Waals surface area contributed by atoms with Gasteiger partial charge in [-0.1, -0.05) is 6.07 Å². The molecular formula is C24H27N5O2. The van der Waals surface area contributed by atoms with Crippen molar-refractivity contribution >= 4 is 11.9 Å². The topological polar surface area (TPSA) is 83.2 Å². The smallest absolute Gasteiger partial charge is 0.258 e. The fraction of sp³-hybridized carbons (Fsp3) is 0.292. The quantitative estimate of drug-likeness (QED) is 0.522. The predicted octanol–water partition coefficient (Wildman–Crippen LogP) is 3.32. The van der Waals surface area contributed by atoms with Crippen molar-refractivity contribution in [2.75, 3.05) is 31.5 Å². The van der Waals surface area contributed by atoms with Crippen LogP contribution in [-0.2, 0) is 6.61 Å². The molecule has 0 bridgehead atoms. The highest BCUT2D eigenvalue weighted by molar-refractivity contribution is 5.86. The summed E-state index contributed by atoms with van der Waals surface area (Å²) < 4.78 is 7.24. The van der Waals surface area contributed by atoms with Crippen LogP contribution in [0, 0.1) is 5.41 Å². The van der Waals surface area contributed by atoms with E-state index in [0.717, 1.165) is 30.0 Å². The van der Waals surface area contributed by atoms with E-state index in [0.29, 0.717) is 18.0 Å². The number of nitrogens with one attached hydrogen (secondary N) is 2. The molecule has 2 aromatic heterocycles. The molecule has 0 unspecified atom stereocenters. The van der Waals surface area contributed by atoms with Crippen molar-refractivity contribution in [1.82, 2.24) is 14.5 Å². The zero-order valence-corrected chi connectivity index (χ0v) is 17.5. The summed E-state index contributed by atoms with van der Waals surface area (Å²) in [6, 6.07) is 14.5. The van der Waals surface area contributed by atoms with Crippen LogP contribution in [0.3, 0.4) is 0 Å². The number of aromatic nitrogens is 2. The van der Waals surface area contributed by atoms with Crippen LogP contribution in [0.15, 0.2) is 65.7 Å². The largest absolute Gasteiger partial charge is 0.487 e. The van der Waals surface area contributed by atoms with Gasteiger partial charge in [-0.05, 0) is 62.3 Å². The molecule has 2 N–H and O–H groups in total. The molecule has 0 spiro atoms. The molecule has 0 saturated carbocycles. The van der Waals surface area contributed by atoms with E-state index in [1.165, 1.54) is 38.2 Å². The maximum absolute atomic E-state index is 12.6. The lowest BCUT2D eigenvalue weighted by Crippen LogP contribution is -2.26. The third-order valence-corrected chi connectivity index (χ3v) is 5.41. The summed E-state index contributed by atoms with van der Waals surface area (Å²) >= 11 is 0. The summed E-state index contributed by atoms with van der Waals surface area (Å²) in [6.07, 6.45) is 7.28. The van der Waals surface area contributed by atoms with Crippen LogP contribution >= 0.6 is 0 Å². The summed E-state index contributed by atoms with van der Waals surface area (Å²) in [5.74, 6) is 0.499. The molecule has 31 heavy (non-hydrogen) atoms. The van der Waals surface area contributed by atoms with E-state index in [9.17, 15) is 4.79 Å². The number of pyridine rings is 2. The number of ether oxygens (including phenoxy) is 1. The molecule has 1 saturated heterocycles. The molecule has 4 rings (SSSR count). The average molecular weight is 418 g/mol. The number of anilines is 1. The molecule has 0 atom stereocenters. The third-order valence-electron chi connectivity index (χ3n) is 5.41. The fourth-order valence-electron chi connectivity index (χ4n) is 3.74. The molecule has 3 aromatic rings. The van der Waals surface area contributed by atoms with Crippen LogP contribution in [0.2, 0.25) is 0 Å². The number of benzene rings is 1. The van der Waals surface area contributed by atoms with Gasteiger partial charge in [0.15, 0.2) is 0 Å². The highest BCUT2D eigenvalue weighted by Gasteiger charge is 2.11. The molecule has 160 valence electrons. The first kappa shape index (κ1) is 20.8. The summed E-state index contributed by atoms with van der Waals surface area (Å²) in [5, 5.41) is 11.2. The third kappa shape index (κ3) is 5.38. The minimum absolute atomic E-state index is 0.191. The second-order valence-corrected chi connectivity index (χ2v) is 7.57. The molecule has 3 heterocycles. The number of rotatable bonds is 9. The Labute approximate surface area is 181 Å². The molecule has 1 aliphatic heterocycles. The van der Waals surface area contributed by atoms with E-state index in [-0.39, 0.29) is 5.56 Å². The first-order chi connectivity index (χ1) is 15.2. The van der Waals surface area contributed by atoms with Gasteiger partial charge >= 0.3 is 0 Å². The standard InChI is InChI=1S/C24H27N5O2/c25-17-19-15-21(6-7-23(19)27-10-14-28-11-3-4-12-28)29-13-8-22(16-24(29)30)31-18-20-5-1-2-9-26-20/h1-2,5-9,13,15-17,25,27H,3-4,10-12,14,18H2. The van der Waals surface area contributed by atoms with Gasteiger partial charge in [0.1, 0.15) is 12.4 Å². The molecule has 0 amide bonds. The Hall–Kier alpha value is -3.45. The number of hydrogen-bond acceptors (Lipinski definition) is 6. The minimum Gasteiger partial charge on any atom is -0.487 e. The van der Waals surface area contributed by atoms with E-state index in [1.807, 2.05) is 36.4 Å². The molecular weight excluding hydrogens is 390 g/mol. The van der Waals surface area contributed by atoms with E-state index in [1.54, 1.807) is 23.0 Å². The van der Waals surface area contributed by atoms with Gasteiger partial charge in [0.25, 0.3) is 5.56 Å². The highest BCUT2D eigenvalue weighted by Crippen LogP contribution is 2.19. The van der Waals surface area contributed by atoms with Crippen LogP contribution in [0.5, 0.6) is 5.75 Å². The Balaban J connectivity index is 1.43. The summed E-state index contributed by atoms with van der Waals surface area (Å²) in [4.78, 5) is 19.3. The average Bonchev–Trinajstić information content (AvgIpc) is 3.32. The van der Waals surface area contributed by atoms with E-state index in [2.05, 4.69) is 15.2 Å². The van der Waals surface area contributed by atoms with Crippen molar-refractivity contribution in [3.8, 4) is 11.4 Å². The van der Waals surface area contributed by atoms with Crippen LogP contribution in [0.25, 0.3) is 5.69 Å². The SMILES string of the molecule is N=Cc1cc(-n2ccc(OCc3ccccn3)cc2=O)ccc1NCCN1CCCC1. The summed E-state index contributed by atoms with van der Waals surface area (Å²) in [6.45, 7) is 4.48. The first-order valence-corrected chi connectivity index (χ1v) is 10.6. The molecule has 1 fully saturated rings. The first-order valence-electron chi connectivity index (χ1n) is 10.6. The molecule has 1 aliphatic rings. The zero-order valence-electron chi connectivity index (χ0n) is 17.5. The number of hydrogen-bond donors (Lipinski definition) is 2. The van der Waals surface area contributed by atoms with Gasteiger partial charge in [-0.3, -0.25) is 14.3 Å². The van der Waals surface area contributed by atoms with Gasteiger partial charge in [-0.15, -0.1) is 0 Å². The molecule has 0 radical (unpaired) electrons. The lowest BCUT2D eigenvalue weighted by molar-refractivity contribution is 0.300. The molecule has 7 heteroatoms. The molecule has 1 aromatic carbocycles. The van der Waals surface area contributed by atoms with E-state index < -0.39 is 0 Å². The van der Waals surface area contributed by atoms with Crippen LogP contribution in [0.4, 0.5) is 5.69 Å². The van der Waals surface area contributed by atoms with Crippen molar-refractivity contribution in [1.29, 1.82) is 5.41 Å². The highest BCUT2D eigenvalue weighted by atomic mass is 16.5. The Morgan fingerprint density at radius 3 is 2.74 bits per heavy atom. The predicted molar refractivity (Wildman–Crippen MR) is 123 cm³/mol. The summed E-state index contributed by atoms with van der Waals surface area (Å²) in [7, 11) is 0. The van der Waals surface area contributed by atoms with Crippen LogP contribution in [0.1, 0.15) is 24.1 Å². The summed E-state index contributed by atoms with van der Waals surface area (Å²) in [5.41, 5.74) is 2.98. The van der Waals surface area contributed by atoms with Gasteiger partial charge in [0.2, 0.25) is 0 Å². The lowest BCUT2D eigenvalue weighted by Gasteiger charge is -2.17. The molecule has 0 aliphatic carbocycles. The van der Waals surface area contributed by atoms with Gasteiger partial charge in [-0.2, -0.15) is 0 Å². The van der Waals surface area contributed by atoms with Crippen molar-refractivity contribution in [2.24, 2.45) is 0 Å². The van der Waals surface area contributed by atoms with Crippen LogP contribution < -0.4 is 15.6 Å². The maximum Gasteiger partial charge on any atom is 0.258 e. The van der Waals surface area contributed by atoms with Crippen molar-refractivity contribution in [3.63, 3.8) is 0 Å². The fourth-order valence-corrected chi connectivity index (χ4v) is 3.74. The Kier molecular flexibility index (Phi) is 6.74. The maximum atomic E-state index is 12.6. The Morgan fingerprint density at radius 2 is 2.00 bits per heavy atom. The van der Waals surface area contributed by atoms with E-state index in [4.69, 9.17) is 10.1 Å². The van der Waals surface area contributed by atoms with Gasteiger partial charge < -0.3 is 20.4 Å². The van der Waals surface area contributed by atoms with Crippen molar-refractivity contribution < 1.29 is 4.74 Å². The van der Waals surface area contributed by atoms with Gasteiger partial charge in [0, 0.05) is 54.7 Å². The van der Waals surface area contributed by atoms with Gasteiger partial charge in [-0.25, -0.2) is 0 Å². The van der Waals surface area contributed by atoms with Crippen molar-refractivity contribution in [3.05, 3.63) is 82.5 Å². The Bertz CT molecular complexity index is 1070. The van der Waals surface area contributed by atoms with E-state index >= 15 is 0 Å².